The Morgan fingerprint density at radius 3 is 2.65 bits per heavy atom. The maximum Gasteiger partial charge on any atom is 0.119 e. The zero-order chi connectivity index (χ0) is 15.0. The lowest BCUT2D eigenvalue weighted by atomic mass is 9.58. The predicted molar refractivity (Wildman–Crippen MR) is 82.2 cm³/mol. The molecule has 1 saturated heterocycles. The number of rotatable bonds is 3. The van der Waals surface area contributed by atoms with Crippen molar-refractivity contribution in [3.05, 3.63) is 29.8 Å². The molecule has 2 atom stereocenters. The average Bonchev–Trinajstić information content (AvgIpc) is 2.37. The minimum Gasteiger partial charge on any atom is -0.497 e. The Morgan fingerprint density at radius 2 is 2.10 bits per heavy atom. The molecule has 0 saturated carbocycles. The van der Waals surface area contributed by atoms with Crippen LogP contribution in [0.25, 0.3) is 0 Å². The molecule has 0 aliphatic carbocycles. The summed E-state index contributed by atoms with van der Waals surface area (Å²) in [6.45, 7) is 8.13. The van der Waals surface area contributed by atoms with Gasteiger partial charge in [-0.3, -0.25) is 0 Å². The van der Waals surface area contributed by atoms with Crippen molar-refractivity contribution >= 4 is 0 Å². The van der Waals surface area contributed by atoms with Crippen LogP contribution in [-0.4, -0.2) is 42.9 Å². The molecule has 1 heterocycles. The lowest BCUT2D eigenvalue weighted by molar-refractivity contribution is -0.0643. The molecule has 0 bridgehead atoms. The largest absolute Gasteiger partial charge is 0.497 e. The fourth-order valence-electron chi connectivity index (χ4n) is 3.92. The molecule has 1 N–H and O–H groups in total. The van der Waals surface area contributed by atoms with E-state index < -0.39 is 5.60 Å². The molecular formula is C17H27NO2. The highest BCUT2D eigenvalue weighted by molar-refractivity contribution is 5.37. The fraction of sp³-hybridized carbons (Fsp3) is 0.647. The van der Waals surface area contributed by atoms with Gasteiger partial charge in [0.25, 0.3) is 0 Å². The molecule has 3 nitrogen and oxygen atoms in total. The summed E-state index contributed by atoms with van der Waals surface area (Å²) in [6.07, 6.45) is 0.960. The Balaban J connectivity index is 2.52. The normalized spacial score (nSPS) is 28.4. The summed E-state index contributed by atoms with van der Waals surface area (Å²) in [5.74, 6) is 1.24. The van der Waals surface area contributed by atoms with Crippen LogP contribution in [0.15, 0.2) is 24.3 Å². The summed E-state index contributed by atoms with van der Waals surface area (Å²) in [7, 11) is 3.84. The van der Waals surface area contributed by atoms with Crippen molar-refractivity contribution < 1.29 is 9.84 Å². The first-order valence-corrected chi connectivity index (χ1v) is 7.36. The number of nitrogens with zero attached hydrogens (tertiary/aromatic N) is 1. The van der Waals surface area contributed by atoms with Crippen molar-refractivity contribution in [3.63, 3.8) is 0 Å². The van der Waals surface area contributed by atoms with Crippen LogP contribution in [0.1, 0.15) is 32.8 Å². The maximum atomic E-state index is 10.9. The molecule has 1 aromatic carbocycles. The van der Waals surface area contributed by atoms with E-state index in [-0.39, 0.29) is 5.41 Å². The first-order valence-electron chi connectivity index (χ1n) is 7.36. The zero-order valence-corrected chi connectivity index (χ0v) is 13.3. The van der Waals surface area contributed by atoms with Crippen LogP contribution in [0.5, 0.6) is 5.75 Å². The first kappa shape index (κ1) is 15.3. The molecule has 1 aliphatic rings. The van der Waals surface area contributed by atoms with Gasteiger partial charge in [-0.15, -0.1) is 0 Å². The summed E-state index contributed by atoms with van der Waals surface area (Å²) in [5, 5.41) is 10.9. The molecular weight excluding hydrogens is 250 g/mol. The van der Waals surface area contributed by atoms with Gasteiger partial charge in [-0.25, -0.2) is 0 Å². The molecule has 0 amide bonds. The van der Waals surface area contributed by atoms with Crippen LogP contribution in [0.4, 0.5) is 0 Å². The quantitative estimate of drug-likeness (QED) is 0.922. The van der Waals surface area contributed by atoms with Gasteiger partial charge in [0.2, 0.25) is 0 Å². The zero-order valence-electron chi connectivity index (χ0n) is 13.3. The molecule has 0 aromatic heterocycles. The van der Waals surface area contributed by atoms with Gasteiger partial charge in [-0.05, 0) is 57.5 Å². The first-order chi connectivity index (χ1) is 9.31. The number of likely N-dealkylation sites (tertiary alicyclic amines) is 1. The maximum absolute atomic E-state index is 10.9. The highest BCUT2D eigenvalue weighted by Gasteiger charge is 2.51. The second-order valence-electron chi connectivity index (χ2n) is 6.68. The minimum absolute atomic E-state index is 0.228. The molecule has 1 aliphatic heterocycles. The van der Waals surface area contributed by atoms with E-state index in [1.807, 2.05) is 26.0 Å². The summed E-state index contributed by atoms with van der Waals surface area (Å²) >= 11 is 0. The van der Waals surface area contributed by atoms with Crippen LogP contribution < -0.4 is 4.74 Å². The Bertz CT molecular complexity index is 466. The molecule has 112 valence electrons. The third-order valence-corrected chi connectivity index (χ3v) is 4.99. The van der Waals surface area contributed by atoms with Crippen molar-refractivity contribution in [2.75, 3.05) is 27.2 Å². The van der Waals surface area contributed by atoms with Crippen LogP contribution in [0, 0.1) is 5.92 Å². The van der Waals surface area contributed by atoms with E-state index in [4.69, 9.17) is 4.74 Å². The van der Waals surface area contributed by atoms with Crippen LogP contribution in [0.2, 0.25) is 0 Å². The molecule has 1 fully saturated rings. The summed E-state index contributed by atoms with van der Waals surface area (Å²) in [6, 6.07) is 8.19. The van der Waals surface area contributed by atoms with E-state index in [0.717, 1.165) is 25.3 Å². The lowest BCUT2D eigenvalue weighted by Crippen LogP contribution is -2.58. The van der Waals surface area contributed by atoms with Crippen LogP contribution in [0.3, 0.4) is 0 Å². The van der Waals surface area contributed by atoms with Gasteiger partial charge in [0.15, 0.2) is 0 Å². The van der Waals surface area contributed by atoms with Gasteiger partial charge in [0.1, 0.15) is 5.75 Å². The van der Waals surface area contributed by atoms with E-state index in [0.29, 0.717) is 5.92 Å². The van der Waals surface area contributed by atoms with Gasteiger partial charge < -0.3 is 14.7 Å². The number of methoxy groups -OCH3 is 1. The molecule has 2 rings (SSSR count). The van der Waals surface area contributed by atoms with Gasteiger partial charge >= 0.3 is 0 Å². The van der Waals surface area contributed by atoms with Crippen LogP contribution >= 0.6 is 0 Å². The highest BCUT2D eigenvalue weighted by Crippen LogP contribution is 2.47. The molecule has 3 heteroatoms. The van der Waals surface area contributed by atoms with Crippen molar-refractivity contribution in [1.29, 1.82) is 0 Å². The molecule has 0 spiro atoms. The number of aliphatic hydroxyl groups is 1. The van der Waals surface area contributed by atoms with E-state index in [2.05, 4.69) is 31.0 Å². The van der Waals surface area contributed by atoms with Crippen molar-refractivity contribution in [2.45, 2.75) is 38.2 Å². The van der Waals surface area contributed by atoms with Gasteiger partial charge in [0, 0.05) is 12.0 Å². The second kappa shape index (κ2) is 5.38. The van der Waals surface area contributed by atoms with E-state index in [1.165, 1.54) is 5.56 Å². The lowest BCUT2D eigenvalue weighted by Gasteiger charge is -2.53. The SMILES string of the molecule is COc1cccc(C2(C(C)(C)O)CCN(C)CC2C)c1. The van der Waals surface area contributed by atoms with Crippen molar-refractivity contribution in [3.8, 4) is 5.75 Å². The topological polar surface area (TPSA) is 32.7 Å². The number of ether oxygens (including phenoxy) is 1. The minimum atomic E-state index is -0.764. The number of hydrogen-bond acceptors (Lipinski definition) is 3. The number of benzene rings is 1. The van der Waals surface area contributed by atoms with E-state index in [9.17, 15) is 5.11 Å². The van der Waals surface area contributed by atoms with E-state index in [1.54, 1.807) is 7.11 Å². The number of piperidine rings is 1. The average molecular weight is 277 g/mol. The van der Waals surface area contributed by atoms with Crippen LogP contribution in [-0.2, 0) is 5.41 Å². The molecule has 0 radical (unpaired) electrons. The Hall–Kier alpha value is -1.06. The Kier molecular flexibility index (Phi) is 4.12. The molecule has 20 heavy (non-hydrogen) atoms. The molecule has 1 aromatic rings. The summed E-state index contributed by atoms with van der Waals surface area (Å²) in [4.78, 5) is 2.34. The van der Waals surface area contributed by atoms with Gasteiger partial charge in [0.05, 0.1) is 12.7 Å². The summed E-state index contributed by atoms with van der Waals surface area (Å²) in [5.41, 5.74) is 0.193. The summed E-state index contributed by atoms with van der Waals surface area (Å²) < 4.78 is 5.37. The smallest absolute Gasteiger partial charge is 0.119 e. The fourth-order valence-corrected chi connectivity index (χ4v) is 3.92. The van der Waals surface area contributed by atoms with E-state index >= 15 is 0 Å². The van der Waals surface area contributed by atoms with Gasteiger partial charge in [-0.1, -0.05) is 19.1 Å². The standard InChI is InChI=1S/C17H27NO2/c1-13-12-18(4)10-9-17(13,16(2,3)19)14-7-6-8-15(11-14)20-5/h6-8,11,13,19H,9-10,12H2,1-5H3. The van der Waals surface area contributed by atoms with Gasteiger partial charge in [-0.2, -0.15) is 0 Å². The van der Waals surface area contributed by atoms with Crippen molar-refractivity contribution in [2.24, 2.45) is 5.92 Å². The number of hydrogen-bond donors (Lipinski definition) is 1. The third-order valence-electron chi connectivity index (χ3n) is 4.99. The monoisotopic (exact) mass is 277 g/mol. The Labute approximate surface area is 122 Å². The second-order valence-corrected chi connectivity index (χ2v) is 6.68. The molecule has 2 unspecified atom stereocenters. The Morgan fingerprint density at radius 1 is 1.40 bits per heavy atom. The predicted octanol–water partition coefficient (Wildman–Crippen LogP) is 2.68. The third kappa shape index (κ3) is 2.45. The highest BCUT2D eigenvalue weighted by atomic mass is 16.5. The van der Waals surface area contributed by atoms with Crippen molar-refractivity contribution in [1.82, 2.24) is 4.90 Å².